The second-order valence-electron chi connectivity index (χ2n) is 6.89. The van der Waals surface area contributed by atoms with E-state index in [1.54, 1.807) is 30.5 Å². The molecule has 0 aliphatic carbocycles. The lowest BCUT2D eigenvalue weighted by atomic mass is 10.0. The molecule has 0 spiro atoms. The molecule has 0 saturated carbocycles. The van der Waals surface area contributed by atoms with Gasteiger partial charge in [-0.1, -0.05) is 48.5 Å². The van der Waals surface area contributed by atoms with Crippen LogP contribution in [0, 0.1) is 0 Å². The third-order valence-electron chi connectivity index (χ3n) is 4.60. The van der Waals surface area contributed by atoms with Crippen molar-refractivity contribution in [1.29, 1.82) is 0 Å². The molecule has 1 atom stereocenters. The van der Waals surface area contributed by atoms with E-state index in [1.807, 2.05) is 24.3 Å². The minimum atomic E-state index is -0.976. The van der Waals surface area contributed by atoms with Crippen molar-refractivity contribution in [2.24, 2.45) is 21.9 Å². The summed E-state index contributed by atoms with van der Waals surface area (Å²) in [6.07, 6.45) is 5.66. The summed E-state index contributed by atoms with van der Waals surface area (Å²) in [7, 11) is 0. The van der Waals surface area contributed by atoms with E-state index in [2.05, 4.69) is 15.5 Å². The quantitative estimate of drug-likeness (QED) is 0.195. The summed E-state index contributed by atoms with van der Waals surface area (Å²) in [5, 5.41) is 19.0. The topological polar surface area (TPSA) is 143 Å². The summed E-state index contributed by atoms with van der Waals surface area (Å²) in [6.45, 7) is 0. The van der Waals surface area contributed by atoms with Crippen LogP contribution in [0.5, 0.6) is 0 Å². The zero-order valence-corrected chi connectivity index (χ0v) is 16.7. The molecule has 0 bridgehead atoms. The first-order valence-electron chi connectivity index (χ1n) is 9.68. The molecular weight excluding hydrogens is 382 g/mol. The number of aliphatic carboxylic acids is 1. The van der Waals surface area contributed by atoms with Crippen molar-refractivity contribution in [2.45, 2.75) is 38.1 Å². The first-order chi connectivity index (χ1) is 14.5. The van der Waals surface area contributed by atoms with Gasteiger partial charge in [0.2, 0.25) is 5.91 Å². The molecule has 2 rings (SSSR count). The fraction of sp³-hybridized carbons (Fsp3) is 0.273. The second-order valence-corrected chi connectivity index (χ2v) is 6.89. The van der Waals surface area contributed by atoms with Crippen LogP contribution in [0.15, 0.2) is 58.7 Å². The lowest BCUT2D eigenvalue weighted by Crippen LogP contribution is -2.30. The summed E-state index contributed by atoms with van der Waals surface area (Å²) in [5.74, 6) is 9.12. The van der Waals surface area contributed by atoms with Crippen LogP contribution in [0.25, 0.3) is 0 Å². The van der Waals surface area contributed by atoms with E-state index in [0.29, 0.717) is 12.8 Å². The molecule has 0 heterocycles. The van der Waals surface area contributed by atoms with Gasteiger partial charge in [0.15, 0.2) is 0 Å². The van der Waals surface area contributed by atoms with Gasteiger partial charge in [-0.15, -0.1) is 0 Å². The number of carbonyl (C=O) groups is 2. The first kappa shape index (κ1) is 22.6. The molecule has 2 aromatic carbocycles. The molecule has 0 fully saturated rings. The van der Waals surface area contributed by atoms with Crippen LogP contribution in [0.1, 0.15) is 54.0 Å². The molecule has 8 heteroatoms. The van der Waals surface area contributed by atoms with E-state index in [0.717, 1.165) is 29.5 Å². The first-order valence-corrected chi connectivity index (χ1v) is 9.68. The van der Waals surface area contributed by atoms with Crippen LogP contribution >= 0.6 is 0 Å². The third kappa shape index (κ3) is 7.75. The fourth-order valence-electron chi connectivity index (χ4n) is 3.06. The van der Waals surface area contributed by atoms with E-state index in [1.165, 1.54) is 11.8 Å². The standard InChI is InChI=1S/C22H27N5O3/c23-25-14-17-7-5-16(6-8-17)3-1-2-4-21(28)27-20(13-22(29)30)19-11-9-18(10-12-19)15-26-24/h5-12,14-15,20H,1-4,13,23-24H2,(H,27,28)(H,29,30). The SMILES string of the molecule is NN=Cc1ccc(CCCCC(=O)NC(CC(=O)O)c2ccc(C=NN)cc2)cc1. The zero-order chi connectivity index (χ0) is 21.8. The van der Waals surface area contributed by atoms with Crippen molar-refractivity contribution < 1.29 is 14.7 Å². The summed E-state index contributed by atoms with van der Waals surface area (Å²) < 4.78 is 0. The van der Waals surface area contributed by atoms with Crippen LogP contribution in [0.4, 0.5) is 0 Å². The minimum absolute atomic E-state index is 0.164. The maximum Gasteiger partial charge on any atom is 0.305 e. The number of rotatable bonds is 11. The maximum atomic E-state index is 12.3. The molecule has 158 valence electrons. The Kier molecular flexibility index (Phi) is 9.05. The van der Waals surface area contributed by atoms with Crippen molar-refractivity contribution in [1.82, 2.24) is 5.32 Å². The summed E-state index contributed by atoms with van der Waals surface area (Å²) in [4.78, 5) is 23.5. The van der Waals surface area contributed by atoms with Gasteiger partial charge in [-0.25, -0.2) is 0 Å². The second kappa shape index (κ2) is 12.0. The normalized spacial score (nSPS) is 12.3. The van der Waals surface area contributed by atoms with Gasteiger partial charge in [0.05, 0.1) is 24.9 Å². The van der Waals surface area contributed by atoms with E-state index < -0.39 is 12.0 Å². The summed E-state index contributed by atoms with van der Waals surface area (Å²) in [5.41, 5.74) is 3.63. The van der Waals surface area contributed by atoms with Gasteiger partial charge >= 0.3 is 5.97 Å². The van der Waals surface area contributed by atoms with E-state index >= 15 is 0 Å². The number of nitrogens with zero attached hydrogens (tertiary/aromatic N) is 2. The number of hydrogen-bond acceptors (Lipinski definition) is 6. The Hall–Kier alpha value is -3.68. The number of benzene rings is 2. The Morgan fingerprint density at radius 2 is 1.50 bits per heavy atom. The molecule has 0 aromatic heterocycles. The number of hydrazone groups is 2. The number of carbonyl (C=O) groups excluding carboxylic acids is 1. The van der Waals surface area contributed by atoms with Crippen molar-refractivity contribution in [3.8, 4) is 0 Å². The number of carboxylic acids is 1. The van der Waals surface area contributed by atoms with Gasteiger partial charge in [-0.05, 0) is 41.5 Å². The Balaban J connectivity index is 1.84. The minimum Gasteiger partial charge on any atom is -0.481 e. The lowest BCUT2D eigenvalue weighted by Gasteiger charge is -2.17. The number of hydrogen-bond donors (Lipinski definition) is 4. The predicted molar refractivity (Wildman–Crippen MR) is 117 cm³/mol. The third-order valence-corrected chi connectivity index (χ3v) is 4.60. The number of aryl methyl sites for hydroxylation is 1. The van der Waals surface area contributed by atoms with Crippen LogP contribution in [0.2, 0.25) is 0 Å². The summed E-state index contributed by atoms with van der Waals surface area (Å²) >= 11 is 0. The van der Waals surface area contributed by atoms with E-state index in [-0.39, 0.29) is 12.3 Å². The molecule has 8 nitrogen and oxygen atoms in total. The number of amides is 1. The molecule has 6 N–H and O–H groups in total. The Morgan fingerprint density at radius 1 is 0.933 bits per heavy atom. The molecule has 0 aliphatic rings. The van der Waals surface area contributed by atoms with Gasteiger partial charge in [0.1, 0.15) is 0 Å². The highest BCUT2D eigenvalue weighted by Gasteiger charge is 2.18. The average molecular weight is 409 g/mol. The number of nitrogens with one attached hydrogen (secondary N) is 1. The monoisotopic (exact) mass is 409 g/mol. The smallest absolute Gasteiger partial charge is 0.305 e. The van der Waals surface area contributed by atoms with E-state index in [4.69, 9.17) is 11.7 Å². The van der Waals surface area contributed by atoms with Crippen LogP contribution in [-0.2, 0) is 16.0 Å². The number of carboxylic acid groups (broad SMARTS) is 1. The molecule has 0 radical (unpaired) electrons. The molecule has 1 amide bonds. The van der Waals surface area contributed by atoms with Gasteiger partial charge in [-0.2, -0.15) is 10.2 Å². The maximum absolute atomic E-state index is 12.3. The number of unbranched alkanes of at least 4 members (excludes halogenated alkanes) is 1. The summed E-state index contributed by atoms with van der Waals surface area (Å²) in [6, 6.07) is 14.4. The lowest BCUT2D eigenvalue weighted by molar-refractivity contribution is -0.137. The van der Waals surface area contributed by atoms with Crippen molar-refractivity contribution >= 4 is 24.3 Å². The van der Waals surface area contributed by atoms with Crippen LogP contribution in [0.3, 0.4) is 0 Å². The van der Waals surface area contributed by atoms with Gasteiger partial charge in [-0.3, -0.25) is 9.59 Å². The molecule has 30 heavy (non-hydrogen) atoms. The highest BCUT2D eigenvalue weighted by molar-refractivity contribution is 5.80. The van der Waals surface area contributed by atoms with Crippen molar-refractivity contribution in [3.63, 3.8) is 0 Å². The largest absolute Gasteiger partial charge is 0.481 e. The van der Waals surface area contributed by atoms with E-state index in [9.17, 15) is 14.7 Å². The highest BCUT2D eigenvalue weighted by Crippen LogP contribution is 2.18. The molecule has 0 saturated heterocycles. The predicted octanol–water partition coefficient (Wildman–Crippen LogP) is 2.32. The average Bonchev–Trinajstić information content (AvgIpc) is 2.73. The van der Waals surface area contributed by atoms with Gasteiger partial charge < -0.3 is 22.1 Å². The van der Waals surface area contributed by atoms with Gasteiger partial charge in [0.25, 0.3) is 0 Å². The van der Waals surface area contributed by atoms with Crippen molar-refractivity contribution in [2.75, 3.05) is 0 Å². The molecule has 1 unspecified atom stereocenters. The fourth-order valence-corrected chi connectivity index (χ4v) is 3.06. The molecule has 0 aliphatic heterocycles. The van der Waals surface area contributed by atoms with Crippen LogP contribution < -0.4 is 17.0 Å². The highest BCUT2D eigenvalue weighted by atomic mass is 16.4. The number of nitrogens with two attached hydrogens (primary N) is 2. The van der Waals surface area contributed by atoms with Crippen molar-refractivity contribution in [3.05, 3.63) is 70.8 Å². The Morgan fingerprint density at radius 3 is 2.03 bits per heavy atom. The Bertz CT molecular complexity index is 877. The van der Waals surface area contributed by atoms with Crippen LogP contribution in [-0.4, -0.2) is 29.4 Å². The molecule has 2 aromatic rings. The molecular formula is C22H27N5O3. The zero-order valence-electron chi connectivity index (χ0n) is 16.7. The van der Waals surface area contributed by atoms with Gasteiger partial charge in [0, 0.05) is 6.42 Å². The Labute approximate surface area is 175 Å².